The molecule has 2 aromatic carbocycles. The smallest absolute Gasteiger partial charge is 0.266 e. The first-order chi connectivity index (χ1) is 12.5. The van der Waals surface area contributed by atoms with Gasteiger partial charge in [-0.3, -0.25) is 14.3 Å². The van der Waals surface area contributed by atoms with E-state index < -0.39 is 11.3 Å². The number of aromatic nitrogens is 1. The summed E-state index contributed by atoms with van der Waals surface area (Å²) in [5.41, 5.74) is 3.24. The number of pyridine rings is 1. The van der Waals surface area contributed by atoms with Gasteiger partial charge in [-0.05, 0) is 55.5 Å². The third kappa shape index (κ3) is 4.14. The normalized spacial score (nSPS) is 11.6. The number of aryl methyl sites for hydroxylation is 1. The van der Waals surface area contributed by atoms with E-state index in [2.05, 4.69) is 10.3 Å². The molecule has 1 amide bonds. The van der Waals surface area contributed by atoms with Crippen LogP contribution in [0.4, 0.5) is 17.1 Å². The molecular weight excluding hydrogens is 350 g/mol. The van der Waals surface area contributed by atoms with Gasteiger partial charge in [0.1, 0.15) is 0 Å². The van der Waals surface area contributed by atoms with Crippen LogP contribution in [0.1, 0.15) is 15.9 Å². The number of hydrogen-bond donors (Lipinski definition) is 2. The van der Waals surface area contributed by atoms with Crippen molar-refractivity contribution in [3.05, 3.63) is 84.2 Å². The number of amides is 1. The number of hydrogen-bond acceptors (Lipinski definition) is 3. The van der Waals surface area contributed by atoms with Crippen molar-refractivity contribution in [1.82, 2.24) is 4.98 Å². The summed E-state index contributed by atoms with van der Waals surface area (Å²) in [4.78, 5) is 16.2. The van der Waals surface area contributed by atoms with Crippen LogP contribution in [0, 0.1) is 6.92 Å². The molecule has 1 aromatic heterocycles. The molecule has 1 atom stereocenters. The van der Waals surface area contributed by atoms with E-state index in [4.69, 9.17) is 0 Å². The van der Waals surface area contributed by atoms with Crippen molar-refractivity contribution in [2.75, 3.05) is 9.62 Å². The lowest BCUT2D eigenvalue weighted by Gasteiger charge is -2.20. The molecule has 0 bridgehead atoms. The van der Waals surface area contributed by atoms with Gasteiger partial charge in [0.2, 0.25) is 0 Å². The van der Waals surface area contributed by atoms with Gasteiger partial charge in [-0.1, -0.05) is 17.7 Å². The molecule has 0 aliphatic rings. The first-order valence-electron chi connectivity index (χ1n) is 7.84. The number of nitrogens with zero attached hydrogens (tertiary/aromatic N) is 2. The molecule has 3 aromatic rings. The molecule has 0 radical (unpaired) electrons. The number of benzene rings is 2. The summed E-state index contributed by atoms with van der Waals surface area (Å²) >= 11 is -2.23. The molecule has 6 nitrogen and oxygen atoms in total. The Morgan fingerprint density at radius 3 is 2.04 bits per heavy atom. The van der Waals surface area contributed by atoms with Crippen LogP contribution in [0.15, 0.2) is 73.1 Å². The minimum atomic E-state index is -2.23. The number of carbonyl (C=O) groups excluding carboxylic acids is 1. The monoisotopic (exact) mass is 367 g/mol. The van der Waals surface area contributed by atoms with Crippen LogP contribution >= 0.6 is 0 Å². The minimum absolute atomic E-state index is 0.269. The molecule has 132 valence electrons. The summed E-state index contributed by atoms with van der Waals surface area (Å²) in [6.45, 7) is 1.94. The quantitative estimate of drug-likeness (QED) is 0.670. The first kappa shape index (κ1) is 17.8. The maximum atomic E-state index is 12.3. The van der Waals surface area contributed by atoms with E-state index in [0.717, 1.165) is 5.56 Å². The van der Waals surface area contributed by atoms with Crippen molar-refractivity contribution in [1.29, 1.82) is 0 Å². The second-order valence-electron chi connectivity index (χ2n) is 5.60. The van der Waals surface area contributed by atoms with E-state index in [-0.39, 0.29) is 5.91 Å². The zero-order chi connectivity index (χ0) is 18.5. The molecule has 0 saturated heterocycles. The lowest BCUT2D eigenvalue weighted by Crippen LogP contribution is -2.19. The molecule has 3 rings (SSSR count). The molecule has 7 heteroatoms. The Morgan fingerprint density at radius 1 is 0.962 bits per heavy atom. The highest BCUT2D eigenvalue weighted by Crippen LogP contribution is 2.27. The fourth-order valence-corrected chi connectivity index (χ4v) is 3.00. The lowest BCUT2D eigenvalue weighted by molar-refractivity contribution is 0.102. The molecule has 0 aliphatic carbocycles. The molecule has 0 spiro atoms. The first-order valence-corrected chi connectivity index (χ1v) is 8.90. The summed E-state index contributed by atoms with van der Waals surface area (Å²) in [5, 5.41) is 2.77. The van der Waals surface area contributed by atoms with Gasteiger partial charge in [0, 0.05) is 23.6 Å². The summed E-state index contributed by atoms with van der Waals surface area (Å²) in [5.74, 6) is -0.269. The second kappa shape index (κ2) is 7.90. The number of nitrogens with one attached hydrogen (secondary N) is 1. The van der Waals surface area contributed by atoms with Crippen molar-refractivity contribution in [2.24, 2.45) is 0 Å². The average Bonchev–Trinajstić information content (AvgIpc) is 2.64. The van der Waals surface area contributed by atoms with Gasteiger partial charge < -0.3 is 5.32 Å². The van der Waals surface area contributed by atoms with Crippen LogP contribution in [0.5, 0.6) is 0 Å². The zero-order valence-electron chi connectivity index (χ0n) is 14.0. The summed E-state index contributed by atoms with van der Waals surface area (Å²) in [6.07, 6.45) is 3.18. The van der Waals surface area contributed by atoms with Crippen molar-refractivity contribution in [2.45, 2.75) is 6.92 Å². The number of anilines is 3. The standard InChI is InChI=1S/C19H17N3O3S/c1-14-2-6-17(7-3-14)22(26(24)25)18-8-4-15(5-9-18)19(23)21-16-10-12-20-13-11-16/h2-13H,1H3,(H,24,25)(H,20,21,23). The lowest BCUT2D eigenvalue weighted by atomic mass is 10.1. The third-order valence-electron chi connectivity index (χ3n) is 3.73. The van der Waals surface area contributed by atoms with Gasteiger partial charge in [0.15, 0.2) is 0 Å². The van der Waals surface area contributed by atoms with Gasteiger partial charge >= 0.3 is 0 Å². The van der Waals surface area contributed by atoms with E-state index in [0.29, 0.717) is 22.6 Å². The topological polar surface area (TPSA) is 82.5 Å². The Hall–Kier alpha value is -3.03. The van der Waals surface area contributed by atoms with Crippen LogP contribution in [-0.2, 0) is 11.3 Å². The van der Waals surface area contributed by atoms with Gasteiger partial charge in [-0.25, -0.2) is 8.51 Å². The van der Waals surface area contributed by atoms with E-state index in [1.165, 1.54) is 4.31 Å². The number of rotatable bonds is 5. The largest absolute Gasteiger partial charge is 0.322 e. The Kier molecular flexibility index (Phi) is 5.40. The fraction of sp³-hybridized carbons (Fsp3) is 0.0526. The van der Waals surface area contributed by atoms with Gasteiger partial charge in [0.05, 0.1) is 11.4 Å². The predicted octanol–water partition coefficient (Wildman–Crippen LogP) is 3.92. The average molecular weight is 367 g/mol. The van der Waals surface area contributed by atoms with E-state index in [9.17, 15) is 13.6 Å². The summed E-state index contributed by atoms with van der Waals surface area (Å²) in [6, 6.07) is 17.2. The van der Waals surface area contributed by atoms with Gasteiger partial charge in [-0.15, -0.1) is 0 Å². The van der Waals surface area contributed by atoms with E-state index in [1.807, 2.05) is 19.1 Å². The molecule has 1 unspecified atom stereocenters. The predicted molar refractivity (Wildman–Crippen MR) is 103 cm³/mol. The molecule has 26 heavy (non-hydrogen) atoms. The highest BCUT2D eigenvalue weighted by Gasteiger charge is 2.16. The number of carbonyl (C=O) groups is 1. The highest BCUT2D eigenvalue weighted by molar-refractivity contribution is 7.81. The van der Waals surface area contributed by atoms with Crippen LogP contribution in [0.25, 0.3) is 0 Å². The van der Waals surface area contributed by atoms with Gasteiger partial charge in [-0.2, -0.15) is 0 Å². The fourth-order valence-electron chi connectivity index (χ4n) is 2.40. The molecule has 2 N–H and O–H groups in total. The molecular formula is C19H17N3O3S. The van der Waals surface area contributed by atoms with Crippen molar-refractivity contribution < 1.29 is 13.6 Å². The van der Waals surface area contributed by atoms with Crippen LogP contribution in [0.2, 0.25) is 0 Å². The Bertz CT molecular complexity index is 913. The summed E-state index contributed by atoms with van der Waals surface area (Å²) in [7, 11) is 0. The van der Waals surface area contributed by atoms with Crippen molar-refractivity contribution >= 4 is 34.2 Å². The van der Waals surface area contributed by atoms with Crippen LogP contribution < -0.4 is 9.62 Å². The maximum Gasteiger partial charge on any atom is 0.266 e. The molecule has 1 heterocycles. The van der Waals surface area contributed by atoms with Crippen molar-refractivity contribution in [3.8, 4) is 0 Å². The maximum absolute atomic E-state index is 12.3. The van der Waals surface area contributed by atoms with Crippen LogP contribution in [0.3, 0.4) is 0 Å². The SMILES string of the molecule is Cc1ccc(N(c2ccc(C(=O)Nc3ccncc3)cc2)S(=O)O)cc1. The molecule has 0 saturated carbocycles. The third-order valence-corrected chi connectivity index (χ3v) is 4.46. The zero-order valence-corrected chi connectivity index (χ0v) is 14.8. The Labute approximate surface area is 153 Å². The minimum Gasteiger partial charge on any atom is -0.322 e. The van der Waals surface area contributed by atoms with E-state index in [1.54, 1.807) is 60.9 Å². The Balaban J connectivity index is 1.82. The van der Waals surface area contributed by atoms with Gasteiger partial charge in [0.25, 0.3) is 17.2 Å². The molecule has 0 fully saturated rings. The molecule has 0 aliphatic heterocycles. The highest BCUT2D eigenvalue weighted by atomic mass is 32.2. The Morgan fingerprint density at radius 2 is 1.50 bits per heavy atom. The van der Waals surface area contributed by atoms with Crippen molar-refractivity contribution in [3.63, 3.8) is 0 Å². The second-order valence-corrected chi connectivity index (χ2v) is 6.42. The summed E-state index contributed by atoms with van der Waals surface area (Å²) < 4.78 is 22.8. The van der Waals surface area contributed by atoms with E-state index >= 15 is 0 Å². The van der Waals surface area contributed by atoms with Crippen LogP contribution in [-0.4, -0.2) is 19.7 Å².